The van der Waals surface area contributed by atoms with Crippen LogP contribution < -0.4 is 15.0 Å². The molecule has 3 nitrogen and oxygen atoms in total. The SMILES string of the molecule is COc1ccc(-c2ccc(Nc3ccccc3N3CCCCC3)cc2)cc1. The van der Waals surface area contributed by atoms with E-state index in [1.807, 2.05) is 12.1 Å². The zero-order valence-corrected chi connectivity index (χ0v) is 15.8. The van der Waals surface area contributed by atoms with E-state index in [4.69, 9.17) is 4.74 Å². The third-order valence-corrected chi connectivity index (χ3v) is 5.19. The minimum atomic E-state index is 0.881. The Morgan fingerprint density at radius 3 is 2.04 bits per heavy atom. The lowest BCUT2D eigenvalue weighted by Crippen LogP contribution is -2.29. The summed E-state index contributed by atoms with van der Waals surface area (Å²) in [5.41, 5.74) is 5.98. The molecule has 3 aromatic carbocycles. The lowest BCUT2D eigenvalue weighted by Gasteiger charge is -2.30. The highest BCUT2D eigenvalue weighted by Gasteiger charge is 2.14. The van der Waals surface area contributed by atoms with E-state index in [1.165, 1.54) is 41.8 Å². The maximum Gasteiger partial charge on any atom is 0.118 e. The molecule has 1 N–H and O–H groups in total. The van der Waals surface area contributed by atoms with Gasteiger partial charge in [0, 0.05) is 18.8 Å². The molecule has 0 unspecified atom stereocenters. The van der Waals surface area contributed by atoms with Crippen molar-refractivity contribution in [2.24, 2.45) is 0 Å². The van der Waals surface area contributed by atoms with Crippen LogP contribution in [0.5, 0.6) is 5.75 Å². The fourth-order valence-corrected chi connectivity index (χ4v) is 3.67. The van der Waals surface area contributed by atoms with Gasteiger partial charge in [0.15, 0.2) is 0 Å². The predicted octanol–water partition coefficient (Wildman–Crippen LogP) is 6.10. The van der Waals surface area contributed by atoms with Gasteiger partial charge in [-0.25, -0.2) is 0 Å². The molecule has 0 radical (unpaired) electrons. The number of nitrogens with zero attached hydrogens (tertiary/aromatic N) is 1. The molecule has 3 heteroatoms. The summed E-state index contributed by atoms with van der Waals surface area (Å²) in [4.78, 5) is 2.50. The molecule has 0 bridgehead atoms. The Labute approximate surface area is 161 Å². The number of para-hydroxylation sites is 2. The number of methoxy groups -OCH3 is 1. The van der Waals surface area contributed by atoms with Crippen molar-refractivity contribution >= 4 is 17.1 Å². The lowest BCUT2D eigenvalue weighted by molar-refractivity contribution is 0.415. The average molecular weight is 358 g/mol. The lowest BCUT2D eigenvalue weighted by atomic mass is 10.1. The summed E-state index contributed by atoms with van der Waals surface area (Å²) in [6.45, 7) is 2.30. The van der Waals surface area contributed by atoms with Crippen molar-refractivity contribution in [3.8, 4) is 16.9 Å². The van der Waals surface area contributed by atoms with E-state index in [-0.39, 0.29) is 0 Å². The molecule has 4 rings (SSSR count). The van der Waals surface area contributed by atoms with Gasteiger partial charge in [-0.3, -0.25) is 0 Å². The molecule has 0 aliphatic carbocycles. The Bertz CT molecular complexity index is 866. The van der Waals surface area contributed by atoms with E-state index < -0.39 is 0 Å². The number of hydrogen-bond donors (Lipinski definition) is 1. The molecule has 0 amide bonds. The number of rotatable bonds is 5. The molecule has 1 aliphatic rings. The summed E-state index contributed by atoms with van der Waals surface area (Å²) in [6.07, 6.45) is 3.91. The first-order valence-electron chi connectivity index (χ1n) is 9.69. The van der Waals surface area contributed by atoms with Gasteiger partial charge in [-0.2, -0.15) is 0 Å². The third kappa shape index (κ3) is 4.08. The van der Waals surface area contributed by atoms with Crippen LogP contribution in [0.3, 0.4) is 0 Å². The molecule has 27 heavy (non-hydrogen) atoms. The molecule has 1 fully saturated rings. The first-order valence-corrected chi connectivity index (χ1v) is 9.69. The van der Waals surface area contributed by atoms with Crippen molar-refractivity contribution in [1.29, 1.82) is 0 Å². The summed E-state index contributed by atoms with van der Waals surface area (Å²) in [7, 11) is 1.69. The summed E-state index contributed by atoms with van der Waals surface area (Å²) < 4.78 is 5.24. The van der Waals surface area contributed by atoms with Crippen LogP contribution in [-0.4, -0.2) is 20.2 Å². The van der Waals surface area contributed by atoms with Gasteiger partial charge in [0.25, 0.3) is 0 Å². The van der Waals surface area contributed by atoms with Crippen LogP contribution in [-0.2, 0) is 0 Å². The van der Waals surface area contributed by atoms with Crippen LogP contribution in [0.1, 0.15) is 19.3 Å². The molecule has 1 saturated heterocycles. The standard InChI is InChI=1S/C24H26N2O/c1-27-22-15-11-20(12-16-22)19-9-13-21(14-10-19)25-23-7-3-4-8-24(23)26-17-5-2-6-18-26/h3-4,7-16,25H,2,5-6,17-18H2,1H3. The van der Waals surface area contributed by atoms with Gasteiger partial charge in [-0.15, -0.1) is 0 Å². The van der Waals surface area contributed by atoms with Crippen molar-refractivity contribution in [1.82, 2.24) is 0 Å². The maximum absolute atomic E-state index is 5.24. The second-order valence-electron chi connectivity index (χ2n) is 7.00. The first-order chi connectivity index (χ1) is 13.3. The van der Waals surface area contributed by atoms with E-state index in [1.54, 1.807) is 7.11 Å². The Morgan fingerprint density at radius 2 is 1.37 bits per heavy atom. The minimum Gasteiger partial charge on any atom is -0.497 e. The largest absolute Gasteiger partial charge is 0.497 e. The van der Waals surface area contributed by atoms with Gasteiger partial charge in [0.1, 0.15) is 5.75 Å². The minimum absolute atomic E-state index is 0.881. The molecule has 0 spiro atoms. The molecule has 1 heterocycles. The second kappa shape index (κ2) is 8.17. The van der Waals surface area contributed by atoms with Crippen LogP contribution in [0.15, 0.2) is 72.8 Å². The Balaban J connectivity index is 1.51. The molecule has 0 atom stereocenters. The van der Waals surface area contributed by atoms with Gasteiger partial charge >= 0.3 is 0 Å². The van der Waals surface area contributed by atoms with Crippen LogP contribution in [0.25, 0.3) is 11.1 Å². The van der Waals surface area contributed by atoms with E-state index in [0.717, 1.165) is 24.5 Å². The normalized spacial score (nSPS) is 14.0. The fourth-order valence-electron chi connectivity index (χ4n) is 3.67. The zero-order valence-electron chi connectivity index (χ0n) is 15.8. The quantitative estimate of drug-likeness (QED) is 0.597. The molecule has 0 aromatic heterocycles. The van der Waals surface area contributed by atoms with E-state index in [9.17, 15) is 0 Å². The molecule has 1 aliphatic heterocycles. The average Bonchev–Trinajstić information content (AvgIpc) is 2.75. The number of benzene rings is 3. The number of anilines is 3. The van der Waals surface area contributed by atoms with Gasteiger partial charge in [-0.1, -0.05) is 36.4 Å². The molecular formula is C24H26N2O. The number of hydrogen-bond acceptors (Lipinski definition) is 3. The van der Waals surface area contributed by atoms with Crippen molar-refractivity contribution < 1.29 is 4.74 Å². The highest BCUT2D eigenvalue weighted by Crippen LogP contribution is 2.31. The van der Waals surface area contributed by atoms with Crippen LogP contribution in [0.2, 0.25) is 0 Å². The molecular weight excluding hydrogens is 332 g/mol. The van der Waals surface area contributed by atoms with Crippen LogP contribution in [0, 0.1) is 0 Å². The Kier molecular flexibility index (Phi) is 5.29. The van der Waals surface area contributed by atoms with E-state index >= 15 is 0 Å². The zero-order chi connectivity index (χ0) is 18.5. The Hall–Kier alpha value is -2.94. The monoisotopic (exact) mass is 358 g/mol. The van der Waals surface area contributed by atoms with E-state index in [2.05, 4.69) is 70.9 Å². The summed E-state index contributed by atoms with van der Waals surface area (Å²) in [5, 5.41) is 3.61. The smallest absolute Gasteiger partial charge is 0.118 e. The molecule has 138 valence electrons. The Morgan fingerprint density at radius 1 is 0.741 bits per heavy atom. The van der Waals surface area contributed by atoms with Crippen molar-refractivity contribution in [2.45, 2.75) is 19.3 Å². The van der Waals surface area contributed by atoms with Crippen molar-refractivity contribution in [2.75, 3.05) is 30.4 Å². The number of nitrogens with one attached hydrogen (secondary N) is 1. The van der Waals surface area contributed by atoms with Gasteiger partial charge < -0.3 is 15.0 Å². The second-order valence-corrected chi connectivity index (χ2v) is 7.00. The third-order valence-electron chi connectivity index (χ3n) is 5.19. The first kappa shape index (κ1) is 17.5. The van der Waals surface area contributed by atoms with Crippen molar-refractivity contribution in [3.63, 3.8) is 0 Å². The summed E-state index contributed by atoms with van der Waals surface area (Å²) in [6, 6.07) is 25.4. The number of piperidine rings is 1. The van der Waals surface area contributed by atoms with Gasteiger partial charge in [0.05, 0.1) is 18.5 Å². The topological polar surface area (TPSA) is 24.5 Å². The number of ether oxygens (including phenoxy) is 1. The molecule has 3 aromatic rings. The van der Waals surface area contributed by atoms with Gasteiger partial charge in [-0.05, 0) is 66.8 Å². The van der Waals surface area contributed by atoms with Gasteiger partial charge in [0.2, 0.25) is 0 Å². The predicted molar refractivity (Wildman–Crippen MR) is 114 cm³/mol. The summed E-state index contributed by atoms with van der Waals surface area (Å²) >= 11 is 0. The van der Waals surface area contributed by atoms with Crippen LogP contribution >= 0.6 is 0 Å². The van der Waals surface area contributed by atoms with Crippen molar-refractivity contribution in [3.05, 3.63) is 72.8 Å². The highest BCUT2D eigenvalue weighted by atomic mass is 16.5. The highest BCUT2D eigenvalue weighted by molar-refractivity contribution is 5.76. The van der Waals surface area contributed by atoms with E-state index in [0.29, 0.717) is 0 Å². The van der Waals surface area contributed by atoms with Crippen LogP contribution in [0.4, 0.5) is 17.1 Å². The summed E-state index contributed by atoms with van der Waals surface area (Å²) in [5.74, 6) is 0.881. The maximum atomic E-state index is 5.24. The molecule has 0 saturated carbocycles. The fraction of sp³-hybridized carbons (Fsp3) is 0.250.